The lowest BCUT2D eigenvalue weighted by Gasteiger charge is -2.39. The van der Waals surface area contributed by atoms with Crippen molar-refractivity contribution in [2.75, 3.05) is 5.32 Å². The number of nitrogens with zero attached hydrogens (tertiary/aromatic N) is 1. The third-order valence-corrected chi connectivity index (χ3v) is 5.27. The van der Waals surface area contributed by atoms with Crippen LogP contribution in [-0.2, 0) is 0 Å². The van der Waals surface area contributed by atoms with Gasteiger partial charge in [-0.05, 0) is 69.5 Å². The SMILES string of the molecule is C[C@H]1CCC[C@H](C)N1C(=O)c1ccc(NC(=O)c2ccccc2Cl)cc1. The fourth-order valence-corrected chi connectivity index (χ4v) is 3.73. The molecule has 2 amide bonds. The smallest absolute Gasteiger partial charge is 0.257 e. The maximum absolute atomic E-state index is 12.8. The molecule has 5 heteroatoms. The maximum Gasteiger partial charge on any atom is 0.257 e. The zero-order valence-electron chi connectivity index (χ0n) is 15.0. The minimum Gasteiger partial charge on any atom is -0.333 e. The van der Waals surface area contributed by atoms with Gasteiger partial charge in [0.2, 0.25) is 0 Å². The van der Waals surface area contributed by atoms with E-state index < -0.39 is 0 Å². The molecule has 0 radical (unpaired) electrons. The third kappa shape index (κ3) is 3.91. The summed E-state index contributed by atoms with van der Waals surface area (Å²) in [4.78, 5) is 27.1. The summed E-state index contributed by atoms with van der Waals surface area (Å²) in [6.45, 7) is 4.21. The van der Waals surface area contributed by atoms with Crippen LogP contribution in [0.5, 0.6) is 0 Å². The van der Waals surface area contributed by atoms with Crippen LogP contribution in [0.15, 0.2) is 48.5 Å². The van der Waals surface area contributed by atoms with Crippen molar-refractivity contribution in [2.24, 2.45) is 0 Å². The topological polar surface area (TPSA) is 49.4 Å². The second-order valence-corrected chi connectivity index (χ2v) is 7.26. The van der Waals surface area contributed by atoms with Gasteiger partial charge < -0.3 is 10.2 Å². The van der Waals surface area contributed by atoms with Crippen molar-refractivity contribution in [3.8, 4) is 0 Å². The van der Waals surface area contributed by atoms with Crippen LogP contribution in [0.4, 0.5) is 5.69 Å². The van der Waals surface area contributed by atoms with Crippen molar-refractivity contribution in [1.29, 1.82) is 0 Å². The van der Waals surface area contributed by atoms with E-state index in [0.717, 1.165) is 12.8 Å². The normalized spacial score (nSPS) is 19.9. The average Bonchev–Trinajstić information content (AvgIpc) is 2.62. The Labute approximate surface area is 159 Å². The molecule has 3 rings (SSSR count). The summed E-state index contributed by atoms with van der Waals surface area (Å²) in [5.74, 6) is -0.221. The Balaban J connectivity index is 1.71. The number of carbonyl (C=O) groups is 2. The quantitative estimate of drug-likeness (QED) is 0.826. The predicted molar refractivity (Wildman–Crippen MR) is 105 cm³/mol. The summed E-state index contributed by atoms with van der Waals surface area (Å²) in [6.07, 6.45) is 3.25. The Morgan fingerprint density at radius 3 is 2.23 bits per heavy atom. The van der Waals surface area contributed by atoms with Gasteiger partial charge in [-0.25, -0.2) is 0 Å². The van der Waals surface area contributed by atoms with Crippen molar-refractivity contribution < 1.29 is 9.59 Å². The molecule has 0 spiro atoms. The van der Waals surface area contributed by atoms with Crippen LogP contribution < -0.4 is 5.32 Å². The van der Waals surface area contributed by atoms with Crippen molar-refractivity contribution >= 4 is 29.1 Å². The van der Waals surface area contributed by atoms with E-state index >= 15 is 0 Å². The van der Waals surface area contributed by atoms with Gasteiger partial charge in [0, 0.05) is 23.3 Å². The molecule has 0 saturated carbocycles. The molecular formula is C21H23ClN2O2. The van der Waals surface area contributed by atoms with E-state index in [4.69, 9.17) is 11.6 Å². The first-order valence-corrected chi connectivity index (χ1v) is 9.34. The number of hydrogen-bond acceptors (Lipinski definition) is 2. The standard InChI is InChI=1S/C21H23ClN2O2/c1-14-6-5-7-15(2)24(14)21(26)16-10-12-17(13-11-16)23-20(25)18-8-3-4-9-19(18)22/h3-4,8-15H,5-7H2,1-2H3,(H,23,25)/t14-,15-/m0/s1. The number of carbonyl (C=O) groups excluding carboxylic acids is 2. The second kappa shape index (κ2) is 7.92. The first kappa shape index (κ1) is 18.5. The molecule has 1 aliphatic heterocycles. The molecule has 1 heterocycles. The van der Waals surface area contributed by atoms with Crippen molar-refractivity contribution in [1.82, 2.24) is 4.90 Å². The first-order chi connectivity index (χ1) is 12.5. The van der Waals surface area contributed by atoms with Gasteiger partial charge in [-0.1, -0.05) is 23.7 Å². The summed E-state index contributed by atoms with van der Waals surface area (Å²) >= 11 is 6.05. The molecule has 4 nitrogen and oxygen atoms in total. The minimum atomic E-state index is -0.270. The van der Waals surface area contributed by atoms with Gasteiger partial charge in [0.25, 0.3) is 11.8 Å². The predicted octanol–water partition coefficient (Wildman–Crippen LogP) is 5.00. The number of amides is 2. The molecule has 0 unspecified atom stereocenters. The Bertz CT molecular complexity index is 794. The molecule has 1 aliphatic rings. The van der Waals surface area contributed by atoms with E-state index in [1.54, 1.807) is 48.5 Å². The van der Waals surface area contributed by atoms with Gasteiger partial charge in [-0.3, -0.25) is 9.59 Å². The van der Waals surface area contributed by atoms with E-state index in [1.165, 1.54) is 6.42 Å². The lowest BCUT2D eigenvalue weighted by molar-refractivity contribution is 0.0510. The number of nitrogens with one attached hydrogen (secondary N) is 1. The molecule has 0 aromatic heterocycles. The number of likely N-dealkylation sites (tertiary alicyclic amines) is 1. The monoisotopic (exact) mass is 370 g/mol. The molecule has 2 aromatic rings. The number of hydrogen-bond donors (Lipinski definition) is 1. The molecule has 1 saturated heterocycles. The average molecular weight is 371 g/mol. The van der Waals surface area contributed by atoms with Crippen molar-refractivity contribution in [3.63, 3.8) is 0 Å². The second-order valence-electron chi connectivity index (χ2n) is 6.85. The Hall–Kier alpha value is -2.33. The van der Waals surface area contributed by atoms with Gasteiger partial charge in [0.05, 0.1) is 10.6 Å². The van der Waals surface area contributed by atoms with Gasteiger partial charge in [0.1, 0.15) is 0 Å². The summed E-state index contributed by atoms with van der Waals surface area (Å²) < 4.78 is 0. The molecule has 136 valence electrons. The fraction of sp³-hybridized carbons (Fsp3) is 0.333. The fourth-order valence-electron chi connectivity index (χ4n) is 3.51. The highest BCUT2D eigenvalue weighted by Gasteiger charge is 2.29. The van der Waals surface area contributed by atoms with Gasteiger partial charge in [0.15, 0.2) is 0 Å². The number of rotatable bonds is 3. The van der Waals surface area contributed by atoms with Crippen molar-refractivity contribution in [2.45, 2.75) is 45.2 Å². The molecule has 0 aliphatic carbocycles. The van der Waals surface area contributed by atoms with Gasteiger partial charge >= 0.3 is 0 Å². The molecule has 0 bridgehead atoms. The summed E-state index contributed by atoms with van der Waals surface area (Å²) in [7, 11) is 0. The Morgan fingerprint density at radius 2 is 1.62 bits per heavy atom. The van der Waals surface area contributed by atoms with Crippen molar-refractivity contribution in [3.05, 3.63) is 64.7 Å². The zero-order valence-corrected chi connectivity index (χ0v) is 15.8. The molecule has 2 atom stereocenters. The van der Waals surface area contributed by atoms with E-state index in [0.29, 0.717) is 21.8 Å². The summed E-state index contributed by atoms with van der Waals surface area (Å²) in [5.41, 5.74) is 1.69. The van der Waals surface area contributed by atoms with Crippen LogP contribution >= 0.6 is 11.6 Å². The molecule has 1 fully saturated rings. The zero-order chi connectivity index (χ0) is 18.7. The van der Waals surface area contributed by atoms with Gasteiger partial charge in [-0.15, -0.1) is 0 Å². The Morgan fingerprint density at radius 1 is 1.00 bits per heavy atom. The molecule has 26 heavy (non-hydrogen) atoms. The number of anilines is 1. The Kier molecular flexibility index (Phi) is 5.62. The van der Waals surface area contributed by atoms with Crippen LogP contribution in [-0.4, -0.2) is 28.8 Å². The highest BCUT2D eigenvalue weighted by molar-refractivity contribution is 6.34. The highest BCUT2D eigenvalue weighted by atomic mass is 35.5. The van der Waals surface area contributed by atoms with Crippen LogP contribution in [0.1, 0.15) is 53.8 Å². The molecular weight excluding hydrogens is 348 g/mol. The highest BCUT2D eigenvalue weighted by Crippen LogP contribution is 2.25. The number of halogens is 1. The van der Waals surface area contributed by atoms with E-state index in [9.17, 15) is 9.59 Å². The summed E-state index contributed by atoms with van der Waals surface area (Å²) in [6, 6.07) is 14.4. The third-order valence-electron chi connectivity index (χ3n) is 4.94. The van der Waals surface area contributed by atoms with E-state index in [-0.39, 0.29) is 23.9 Å². The van der Waals surface area contributed by atoms with Crippen LogP contribution in [0, 0.1) is 0 Å². The van der Waals surface area contributed by atoms with Crippen LogP contribution in [0.3, 0.4) is 0 Å². The maximum atomic E-state index is 12.8. The lowest BCUT2D eigenvalue weighted by atomic mass is 9.96. The molecule has 2 aromatic carbocycles. The van der Waals surface area contributed by atoms with Crippen LogP contribution in [0.25, 0.3) is 0 Å². The number of piperidine rings is 1. The lowest BCUT2D eigenvalue weighted by Crippen LogP contribution is -2.47. The van der Waals surface area contributed by atoms with Crippen LogP contribution in [0.2, 0.25) is 5.02 Å². The van der Waals surface area contributed by atoms with Gasteiger partial charge in [-0.2, -0.15) is 0 Å². The van der Waals surface area contributed by atoms with E-state index in [2.05, 4.69) is 19.2 Å². The first-order valence-electron chi connectivity index (χ1n) is 8.96. The number of benzene rings is 2. The largest absolute Gasteiger partial charge is 0.333 e. The molecule has 1 N–H and O–H groups in total. The minimum absolute atomic E-state index is 0.0497. The summed E-state index contributed by atoms with van der Waals surface area (Å²) in [5, 5.41) is 3.22. The van der Waals surface area contributed by atoms with E-state index in [1.807, 2.05) is 4.90 Å².